The first-order valence-electron chi connectivity index (χ1n) is 6.55. The van der Waals surface area contributed by atoms with Crippen molar-refractivity contribution in [2.24, 2.45) is 0 Å². The van der Waals surface area contributed by atoms with Crippen LogP contribution in [-0.2, 0) is 9.59 Å². The lowest BCUT2D eigenvalue weighted by Crippen LogP contribution is -2.50. The van der Waals surface area contributed by atoms with Crippen LogP contribution in [-0.4, -0.2) is 58.5 Å². The van der Waals surface area contributed by atoms with Gasteiger partial charge in [-0.05, 0) is 40.0 Å². The predicted octanol–water partition coefficient (Wildman–Crippen LogP) is 1.18. The number of carboxylic acids is 1. The van der Waals surface area contributed by atoms with Crippen LogP contribution in [0.1, 0.15) is 40.0 Å². The van der Waals surface area contributed by atoms with Crippen LogP contribution in [0.5, 0.6) is 0 Å². The number of hydrogen-bond acceptors (Lipinski definition) is 3. The first kappa shape index (κ1) is 15.0. The highest BCUT2D eigenvalue weighted by molar-refractivity contribution is 5.79. The van der Waals surface area contributed by atoms with E-state index >= 15 is 0 Å². The van der Waals surface area contributed by atoms with E-state index in [0.29, 0.717) is 0 Å². The molecule has 0 spiro atoms. The van der Waals surface area contributed by atoms with Gasteiger partial charge in [0.2, 0.25) is 5.91 Å². The molecule has 1 aliphatic rings. The van der Waals surface area contributed by atoms with Gasteiger partial charge in [0.05, 0.1) is 13.1 Å². The molecule has 0 saturated carbocycles. The molecule has 0 bridgehead atoms. The summed E-state index contributed by atoms with van der Waals surface area (Å²) in [6, 6.07) is 0. The third-order valence-electron chi connectivity index (χ3n) is 3.31. The van der Waals surface area contributed by atoms with Crippen molar-refractivity contribution in [1.82, 2.24) is 9.80 Å². The lowest BCUT2D eigenvalue weighted by atomic mass is 10.1. The first-order chi connectivity index (χ1) is 8.30. The van der Waals surface area contributed by atoms with Crippen LogP contribution < -0.4 is 0 Å². The molecule has 5 heteroatoms. The molecule has 0 atom stereocenters. The Morgan fingerprint density at radius 2 is 1.67 bits per heavy atom. The molecular weight excluding hydrogens is 232 g/mol. The zero-order chi connectivity index (χ0) is 13.8. The number of likely N-dealkylation sites (tertiary alicyclic amines) is 1. The molecule has 1 heterocycles. The van der Waals surface area contributed by atoms with E-state index in [0.717, 1.165) is 25.9 Å². The molecule has 0 unspecified atom stereocenters. The quantitative estimate of drug-likeness (QED) is 0.820. The number of piperidine rings is 1. The average Bonchev–Trinajstić information content (AvgIpc) is 2.27. The van der Waals surface area contributed by atoms with Gasteiger partial charge in [0, 0.05) is 18.6 Å². The predicted molar refractivity (Wildman–Crippen MR) is 69.4 cm³/mol. The Balaban J connectivity index is 2.59. The van der Waals surface area contributed by atoms with E-state index in [-0.39, 0.29) is 24.5 Å². The Morgan fingerprint density at radius 1 is 1.11 bits per heavy atom. The molecular formula is C13H24N2O3. The Morgan fingerprint density at radius 3 is 2.11 bits per heavy atom. The van der Waals surface area contributed by atoms with Gasteiger partial charge in [-0.15, -0.1) is 0 Å². The first-order valence-corrected chi connectivity index (χ1v) is 6.55. The van der Waals surface area contributed by atoms with Crippen molar-refractivity contribution in [3.05, 3.63) is 0 Å². The van der Waals surface area contributed by atoms with Crippen molar-refractivity contribution in [1.29, 1.82) is 0 Å². The summed E-state index contributed by atoms with van der Waals surface area (Å²) >= 11 is 0. The van der Waals surface area contributed by atoms with Gasteiger partial charge in [0.25, 0.3) is 0 Å². The van der Waals surface area contributed by atoms with Crippen LogP contribution in [0.15, 0.2) is 0 Å². The highest BCUT2D eigenvalue weighted by Gasteiger charge is 2.27. The lowest BCUT2D eigenvalue weighted by Gasteiger charge is -2.36. The molecule has 1 amide bonds. The van der Waals surface area contributed by atoms with Crippen molar-refractivity contribution in [2.45, 2.75) is 45.6 Å². The summed E-state index contributed by atoms with van der Waals surface area (Å²) in [6.45, 7) is 7.50. The summed E-state index contributed by atoms with van der Waals surface area (Å²) < 4.78 is 0. The monoisotopic (exact) mass is 256 g/mol. The molecule has 104 valence electrons. The van der Waals surface area contributed by atoms with Crippen molar-refractivity contribution >= 4 is 11.9 Å². The lowest BCUT2D eigenvalue weighted by molar-refractivity contribution is -0.142. The third-order valence-corrected chi connectivity index (χ3v) is 3.31. The van der Waals surface area contributed by atoms with Crippen LogP contribution in [0.3, 0.4) is 0 Å². The van der Waals surface area contributed by atoms with Crippen LogP contribution in [0.25, 0.3) is 0 Å². The Hall–Kier alpha value is -1.10. The fraction of sp³-hybridized carbons (Fsp3) is 0.846. The molecule has 0 aromatic carbocycles. The maximum atomic E-state index is 12.1. The summed E-state index contributed by atoms with van der Waals surface area (Å²) in [4.78, 5) is 26.5. The Labute approximate surface area is 109 Å². The number of aliphatic carboxylic acids is 1. The molecule has 1 saturated heterocycles. The highest BCUT2D eigenvalue weighted by Crippen LogP contribution is 2.15. The summed E-state index contributed by atoms with van der Waals surface area (Å²) in [7, 11) is 0. The van der Waals surface area contributed by atoms with Crippen molar-refractivity contribution < 1.29 is 14.7 Å². The SMILES string of the molecule is CC(C)(C)N(CC(=O)O)CC(=O)N1CCCCC1. The van der Waals surface area contributed by atoms with Crippen LogP contribution in [0.2, 0.25) is 0 Å². The molecule has 1 N–H and O–H groups in total. The summed E-state index contributed by atoms with van der Waals surface area (Å²) in [6.07, 6.45) is 3.29. The maximum absolute atomic E-state index is 12.1. The fourth-order valence-electron chi connectivity index (χ4n) is 2.10. The minimum atomic E-state index is -0.892. The number of amides is 1. The summed E-state index contributed by atoms with van der Waals surface area (Å²) in [5, 5.41) is 8.90. The zero-order valence-electron chi connectivity index (χ0n) is 11.6. The molecule has 0 radical (unpaired) electrons. The minimum Gasteiger partial charge on any atom is -0.480 e. The van der Waals surface area contributed by atoms with E-state index in [1.54, 1.807) is 4.90 Å². The molecule has 0 aromatic heterocycles. The summed E-state index contributed by atoms with van der Waals surface area (Å²) in [5.74, 6) is -0.845. The van der Waals surface area contributed by atoms with Gasteiger partial charge in [0.15, 0.2) is 0 Å². The van der Waals surface area contributed by atoms with Gasteiger partial charge in [-0.25, -0.2) is 0 Å². The molecule has 1 rings (SSSR count). The standard InChI is InChI=1S/C13H24N2O3/c1-13(2,3)15(10-12(17)18)9-11(16)14-7-5-4-6-8-14/h4-10H2,1-3H3,(H,17,18). The second-order valence-electron chi connectivity index (χ2n) is 5.86. The van der Waals surface area contributed by atoms with Gasteiger partial charge in [0.1, 0.15) is 0 Å². The molecule has 1 aliphatic heterocycles. The van der Waals surface area contributed by atoms with E-state index in [1.807, 2.05) is 25.7 Å². The smallest absolute Gasteiger partial charge is 0.317 e. The second-order valence-corrected chi connectivity index (χ2v) is 5.86. The van der Waals surface area contributed by atoms with Gasteiger partial charge in [-0.2, -0.15) is 0 Å². The summed E-state index contributed by atoms with van der Waals surface area (Å²) in [5.41, 5.74) is -0.316. The van der Waals surface area contributed by atoms with Crippen molar-refractivity contribution in [3.8, 4) is 0 Å². The van der Waals surface area contributed by atoms with Gasteiger partial charge >= 0.3 is 5.97 Å². The third kappa shape index (κ3) is 4.64. The van der Waals surface area contributed by atoms with E-state index in [9.17, 15) is 9.59 Å². The Kier molecular flexibility index (Phi) is 5.14. The highest BCUT2D eigenvalue weighted by atomic mass is 16.4. The van der Waals surface area contributed by atoms with E-state index in [1.165, 1.54) is 6.42 Å². The van der Waals surface area contributed by atoms with Crippen LogP contribution in [0.4, 0.5) is 0 Å². The zero-order valence-corrected chi connectivity index (χ0v) is 11.6. The van der Waals surface area contributed by atoms with Gasteiger partial charge < -0.3 is 10.0 Å². The van der Waals surface area contributed by atoms with Crippen LogP contribution in [0, 0.1) is 0 Å². The van der Waals surface area contributed by atoms with Gasteiger partial charge in [-0.3, -0.25) is 14.5 Å². The molecule has 0 aliphatic carbocycles. The average molecular weight is 256 g/mol. The van der Waals surface area contributed by atoms with Gasteiger partial charge in [-0.1, -0.05) is 0 Å². The number of carbonyl (C=O) groups is 2. The number of carbonyl (C=O) groups excluding carboxylic acids is 1. The second kappa shape index (κ2) is 6.18. The topological polar surface area (TPSA) is 60.9 Å². The van der Waals surface area contributed by atoms with E-state index < -0.39 is 5.97 Å². The Bertz CT molecular complexity index is 304. The number of rotatable bonds is 4. The number of nitrogens with zero attached hydrogens (tertiary/aromatic N) is 2. The molecule has 0 aromatic rings. The fourth-order valence-corrected chi connectivity index (χ4v) is 2.10. The van der Waals surface area contributed by atoms with E-state index in [2.05, 4.69) is 0 Å². The number of hydrogen-bond donors (Lipinski definition) is 1. The maximum Gasteiger partial charge on any atom is 0.317 e. The largest absolute Gasteiger partial charge is 0.480 e. The van der Waals surface area contributed by atoms with E-state index in [4.69, 9.17) is 5.11 Å². The molecule has 18 heavy (non-hydrogen) atoms. The van der Waals surface area contributed by atoms with Crippen molar-refractivity contribution in [3.63, 3.8) is 0 Å². The molecule has 1 fully saturated rings. The van der Waals surface area contributed by atoms with Crippen LogP contribution >= 0.6 is 0 Å². The molecule has 5 nitrogen and oxygen atoms in total. The van der Waals surface area contributed by atoms with Crippen molar-refractivity contribution in [2.75, 3.05) is 26.2 Å². The normalized spacial score (nSPS) is 17.0. The number of carboxylic acid groups (broad SMARTS) is 1. The minimum absolute atomic E-state index is 0.0471.